The summed E-state index contributed by atoms with van der Waals surface area (Å²) in [5, 5.41) is 2.95. The van der Waals surface area contributed by atoms with Gasteiger partial charge in [-0.1, -0.05) is 42.0 Å². The van der Waals surface area contributed by atoms with Crippen molar-refractivity contribution < 1.29 is 14.0 Å². The third-order valence-electron chi connectivity index (χ3n) is 5.46. The van der Waals surface area contributed by atoms with Gasteiger partial charge >= 0.3 is 0 Å². The quantitative estimate of drug-likeness (QED) is 0.560. The molecule has 0 saturated carbocycles. The SMILES string of the molecule is Cc1cccc(C(=O)N2CCc3ccc(CNC(=O)CSCc4ccc(F)cc4)cc32)c1. The fraction of sp³-hybridized carbons (Fsp3) is 0.231. The number of nitrogens with zero attached hydrogens (tertiary/aromatic N) is 1. The van der Waals surface area contributed by atoms with Crippen LogP contribution in [-0.4, -0.2) is 24.1 Å². The van der Waals surface area contributed by atoms with E-state index < -0.39 is 0 Å². The Balaban J connectivity index is 1.32. The van der Waals surface area contributed by atoms with Crippen LogP contribution in [0.2, 0.25) is 0 Å². The second kappa shape index (κ2) is 10.0. The average molecular weight is 449 g/mol. The first kappa shape index (κ1) is 22.1. The molecule has 32 heavy (non-hydrogen) atoms. The number of carbonyl (C=O) groups excluding carboxylic acids is 2. The number of aryl methyl sites for hydroxylation is 1. The molecule has 2 amide bonds. The van der Waals surface area contributed by atoms with Gasteiger partial charge in [-0.15, -0.1) is 11.8 Å². The predicted molar refractivity (Wildman–Crippen MR) is 127 cm³/mol. The van der Waals surface area contributed by atoms with Gasteiger partial charge in [0.15, 0.2) is 0 Å². The van der Waals surface area contributed by atoms with E-state index in [-0.39, 0.29) is 17.6 Å². The molecule has 0 aliphatic carbocycles. The van der Waals surface area contributed by atoms with Crippen LogP contribution in [0.3, 0.4) is 0 Å². The van der Waals surface area contributed by atoms with Crippen molar-refractivity contribution in [3.63, 3.8) is 0 Å². The second-order valence-corrected chi connectivity index (χ2v) is 8.92. The van der Waals surface area contributed by atoms with Crippen LogP contribution in [0.1, 0.15) is 32.6 Å². The Labute approximate surface area is 191 Å². The van der Waals surface area contributed by atoms with E-state index in [9.17, 15) is 14.0 Å². The van der Waals surface area contributed by atoms with Crippen LogP contribution in [-0.2, 0) is 23.5 Å². The van der Waals surface area contributed by atoms with Gasteiger partial charge in [0.2, 0.25) is 5.91 Å². The molecule has 1 aliphatic rings. The number of hydrogen-bond acceptors (Lipinski definition) is 3. The molecular formula is C26H25FN2O2S. The maximum atomic E-state index is 13.0. The Morgan fingerprint density at radius 1 is 1.03 bits per heavy atom. The Hall–Kier alpha value is -3.12. The molecule has 1 heterocycles. The fourth-order valence-corrected chi connectivity index (χ4v) is 4.59. The molecular weight excluding hydrogens is 423 g/mol. The molecule has 4 nitrogen and oxygen atoms in total. The third kappa shape index (κ3) is 5.37. The number of nitrogens with one attached hydrogen (secondary N) is 1. The number of rotatable bonds is 7. The standard InChI is InChI=1S/C26H25FN2O2S/c1-18-3-2-4-22(13-18)26(31)29-12-11-21-8-5-20(14-24(21)29)15-28-25(30)17-32-16-19-6-9-23(27)10-7-19/h2-10,13-14H,11-12,15-17H2,1H3,(H,28,30). The van der Waals surface area contributed by atoms with E-state index in [1.807, 2.05) is 54.3 Å². The first-order valence-electron chi connectivity index (χ1n) is 10.6. The lowest BCUT2D eigenvalue weighted by atomic mass is 10.1. The van der Waals surface area contributed by atoms with E-state index in [2.05, 4.69) is 5.32 Å². The Kier molecular flexibility index (Phi) is 6.90. The molecule has 0 unspecified atom stereocenters. The van der Waals surface area contributed by atoms with Crippen LogP contribution in [0, 0.1) is 12.7 Å². The molecule has 164 valence electrons. The molecule has 4 rings (SSSR count). The summed E-state index contributed by atoms with van der Waals surface area (Å²) < 4.78 is 13.0. The summed E-state index contributed by atoms with van der Waals surface area (Å²) in [4.78, 5) is 27.1. The largest absolute Gasteiger partial charge is 0.351 e. The zero-order valence-corrected chi connectivity index (χ0v) is 18.8. The first-order chi connectivity index (χ1) is 15.5. The minimum absolute atomic E-state index is 0.00540. The summed E-state index contributed by atoms with van der Waals surface area (Å²) in [6.07, 6.45) is 0.833. The van der Waals surface area contributed by atoms with Gasteiger partial charge in [-0.05, 0) is 60.4 Å². The van der Waals surface area contributed by atoms with Gasteiger partial charge in [0.25, 0.3) is 5.91 Å². The van der Waals surface area contributed by atoms with E-state index in [1.54, 1.807) is 12.1 Å². The molecule has 3 aromatic rings. The maximum absolute atomic E-state index is 13.0. The highest BCUT2D eigenvalue weighted by Crippen LogP contribution is 2.30. The molecule has 0 saturated heterocycles. The number of carbonyl (C=O) groups is 2. The van der Waals surface area contributed by atoms with Crippen LogP contribution in [0.4, 0.5) is 10.1 Å². The number of halogens is 1. The van der Waals surface area contributed by atoms with Gasteiger partial charge in [0.05, 0.1) is 5.75 Å². The zero-order valence-electron chi connectivity index (χ0n) is 17.9. The molecule has 3 aromatic carbocycles. The van der Waals surface area contributed by atoms with E-state index in [1.165, 1.54) is 23.9 Å². The normalized spacial score (nSPS) is 12.5. The molecule has 6 heteroatoms. The monoisotopic (exact) mass is 448 g/mol. The lowest BCUT2D eigenvalue weighted by Gasteiger charge is -2.18. The average Bonchev–Trinajstić information content (AvgIpc) is 3.22. The van der Waals surface area contributed by atoms with Gasteiger partial charge in [0.1, 0.15) is 5.82 Å². The molecule has 0 aromatic heterocycles. The fourth-order valence-electron chi connectivity index (χ4n) is 3.77. The van der Waals surface area contributed by atoms with Crippen molar-refractivity contribution in [3.05, 3.63) is 100 Å². The summed E-state index contributed by atoms with van der Waals surface area (Å²) in [5.74, 6) is 0.684. The number of fused-ring (bicyclic) bond motifs is 1. The summed E-state index contributed by atoms with van der Waals surface area (Å²) >= 11 is 1.49. The summed E-state index contributed by atoms with van der Waals surface area (Å²) in [5.41, 5.74) is 5.77. The highest BCUT2D eigenvalue weighted by atomic mass is 32.2. The van der Waals surface area contributed by atoms with Crippen molar-refractivity contribution in [3.8, 4) is 0 Å². The molecule has 1 aliphatic heterocycles. The van der Waals surface area contributed by atoms with E-state index in [4.69, 9.17) is 0 Å². The summed E-state index contributed by atoms with van der Waals surface area (Å²) in [7, 11) is 0. The molecule has 0 atom stereocenters. The number of anilines is 1. The number of amides is 2. The molecule has 1 N–H and O–H groups in total. The number of thioether (sulfide) groups is 1. The minimum Gasteiger partial charge on any atom is -0.351 e. The Morgan fingerprint density at radius 2 is 1.81 bits per heavy atom. The Bertz CT molecular complexity index is 1130. The Morgan fingerprint density at radius 3 is 2.59 bits per heavy atom. The van der Waals surface area contributed by atoms with Crippen molar-refractivity contribution in [2.24, 2.45) is 0 Å². The number of benzene rings is 3. The molecule has 0 radical (unpaired) electrons. The summed E-state index contributed by atoms with van der Waals surface area (Å²) in [6.45, 7) is 3.06. The van der Waals surface area contributed by atoms with E-state index >= 15 is 0 Å². The van der Waals surface area contributed by atoms with Crippen LogP contribution < -0.4 is 10.2 Å². The second-order valence-electron chi connectivity index (χ2n) is 7.94. The third-order valence-corrected chi connectivity index (χ3v) is 6.46. The summed E-state index contributed by atoms with van der Waals surface area (Å²) in [6, 6.07) is 20.0. The van der Waals surface area contributed by atoms with Crippen molar-refractivity contribution in [1.82, 2.24) is 5.32 Å². The molecule has 0 fully saturated rings. The predicted octanol–water partition coefficient (Wildman–Crippen LogP) is 4.89. The van der Waals surface area contributed by atoms with Gasteiger partial charge in [-0.2, -0.15) is 0 Å². The van der Waals surface area contributed by atoms with Crippen molar-refractivity contribution in [1.29, 1.82) is 0 Å². The zero-order chi connectivity index (χ0) is 22.5. The topological polar surface area (TPSA) is 49.4 Å². The van der Waals surface area contributed by atoms with E-state index in [0.29, 0.717) is 30.2 Å². The van der Waals surface area contributed by atoms with Crippen molar-refractivity contribution >= 4 is 29.3 Å². The van der Waals surface area contributed by atoms with E-state index in [0.717, 1.165) is 34.4 Å². The lowest BCUT2D eigenvalue weighted by Crippen LogP contribution is -2.29. The maximum Gasteiger partial charge on any atom is 0.258 e. The minimum atomic E-state index is -0.259. The van der Waals surface area contributed by atoms with Gasteiger partial charge in [0, 0.05) is 30.1 Å². The van der Waals surface area contributed by atoms with Gasteiger partial charge in [-0.3, -0.25) is 9.59 Å². The van der Waals surface area contributed by atoms with Gasteiger partial charge in [-0.25, -0.2) is 4.39 Å². The van der Waals surface area contributed by atoms with Gasteiger partial charge < -0.3 is 10.2 Å². The van der Waals surface area contributed by atoms with Crippen molar-refractivity contribution in [2.45, 2.75) is 25.6 Å². The number of hydrogen-bond donors (Lipinski definition) is 1. The smallest absolute Gasteiger partial charge is 0.258 e. The van der Waals surface area contributed by atoms with Crippen LogP contribution in [0.5, 0.6) is 0 Å². The highest BCUT2D eigenvalue weighted by molar-refractivity contribution is 7.99. The highest BCUT2D eigenvalue weighted by Gasteiger charge is 2.25. The molecule has 0 spiro atoms. The molecule has 0 bridgehead atoms. The lowest BCUT2D eigenvalue weighted by molar-refractivity contribution is -0.118. The van der Waals surface area contributed by atoms with Crippen LogP contribution >= 0.6 is 11.8 Å². The first-order valence-corrected chi connectivity index (χ1v) is 11.7. The van der Waals surface area contributed by atoms with Crippen LogP contribution in [0.15, 0.2) is 66.7 Å². The van der Waals surface area contributed by atoms with Crippen LogP contribution in [0.25, 0.3) is 0 Å². The van der Waals surface area contributed by atoms with Crippen molar-refractivity contribution in [2.75, 3.05) is 17.2 Å².